The monoisotopic (exact) mass is 380 g/mol. The van der Waals surface area contributed by atoms with Crippen LogP contribution in [-0.2, 0) is 0 Å². The standard InChI is InChI=1S/C19H17FN6S/c1-11-21-16-17(22-11)25-19(23-13-9-7-12(20)8-10-13)26-18(16)24-14-5-3-4-6-15(14)27-2/h3-10H,1-2H3,(H3,21,22,23,24,25,26). The summed E-state index contributed by atoms with van der Waals surface area (Å²) in [5, 5.41) is 6.47. The number of hydrogen-bond donors (Lipinski definition) is 3. The highest BCUT2D eigenvalue weighted by Crippen LogP contribution is 2.30. The minimum absolute atomic E-state index is 0.294. The number of benzene rings is 2. The average Bonchev–Trinajstić information content (AvgIpc) is 3.04. The van der Waals surface area contributed by atoms with E-state index >= 15 is 0 Å². The maximum atomic E-state index is 13.1. The molecular weight excluding hydrogens is 363 g/mol. The maximum absolute atomic E-state index is 13.1. The summed E-state index contributed by atoms with van der Waals surface area (Å²) in [6, 6.07) is 14.0. The number of aromatic nitrogens is 4. The first-order valence-corrected chi connectivity index (χ1v) is 9.52. The van der Waals surface area contributed by atoms with Gasteiger partial charge in [-0.05, 0) is 49.6 Å². The first-order chi connectivity index (χ1) is 13.1. The van der Waals surface area contributed by atoms with E-state index in [1.165, 1.54) is 12.1 Å². The van der Waals surface area contributed by atoms with Gasteiger partial charge >= 0.3 is 0 Å². The van der Waals surface area contributed by atoms with Crippen molar-refractivity contribution in [3.8, 4) is 0 Å². The molecule has 4 aromatic rings. The van der Waals surface area contributed by atoms with Gasteiger partial charge in [0.25, 0.3) is 0 Å². The van der Waals surface area contributed by atoms with Crippen LogP contribution >= 0.6 is 11.8 Å². The molecule has 0 saturated carbocycles. The fourth-order valence-corrected chi connectivity index (χ4v) is 3.25. The van der Waals surface area contributed by atoms with Gasteiger partial charge in [-0.3, -0.25) is 0 Å². The van der Waals surface area contributed by atoms with Gasteiger partial charge in [-0.2, -0.15) is 9.97 Å². The molecule has 8 heteroatoms. The molecule has 0 bridgehead atoms. The SMILES string of the molecule is CSc1ccccc1Nc1nc(Nc2ccc(F)cc2)nc2[nH]c(C)nc12. The molecule has 0 fully saturated rings. The third kappa shape index (κ3) is 3.70. The highest BCUT2D eigenvalue weighted by molar-refractivity contribution is 7.98. The Labute approximate surface area is 159 Å². The molecule has 0 radical (unpaired) electrons. The van der Waals surface area contributed by atoms with Gasteiger partial charge in [0.2, 0.25) is 5.95 Å². The van der Waals surface area contributed by atoms with Gasteiger partial charge in [0.05, 0.1) is 5.69 Å². The smallest absolute Gasteiger partial charge is 0.231 e. The molecular formula is C19H17FN6S. The number of rotatable bonds is 5. The fourth-order valence-electron chi connectivity index (χ4n) is 2.70. The van der Waals surface area contributed by atoms with Gasteiger partial charge in [-0.15, -0.1) is 11.8 Å². The second-order valence-corrected chi connectivity index (χ2v) is 6.72. The normalized spacial score (nSPS) is 10.9. The zero-order chi connectivity index (χ0) is 18.8. The topological polar surface area (TPSA) is 78.5 Å². The molecule has 4 rings (SSSR count). The molecule has 2 aromatic heterocycles. The average molecular weight is 380 g/mol. The molecule has 27 heavy (non-hydrogen) atoms. The third-order valence-corrected chi connectivity index (χ3v) is 4.72. The number of para-hydroxylation sites is 1. The number of thioether (sulfide) groups is 1. The summed E-state index contributed by atoms with van der Waals surface area (Å²) < 4.78 is 13.1. The maximum Gasteiger partial charge on any atom is 0.231 e. The lowest BCUT2D eigenvalue weighted by Gasteiger charge is -2.12. The van der Waals surface area contributed by atoms with Gasteiger partial charge in [0.15, 0.2) is 17.0 Å². The van der Waals surface area contributed by atoms with Crippen molar-refractivity contribution in [2.24, 2.45) is 0 Å². The van der Waals surface area contributed by atoms with E-state index in [1.54, 1.807) is 23.9 Å². The molecule has 0 aliphatic carbocycles. The van der Waals surface area contributed by atoms with Gasteiger partial charge in [0, 0.05) is 10.6 Å². The van der Waals surface area contributed by atoms with E-state index in [9.17, 15) is 4.39 Å². The van der Waals surface area contributed by atoms with Crippen molar-refractivity contribution in [2.75, 3.05) is 16.9 Å². The summed E-state index contributed by atoms with van der Waals surface area (Å²) in [6.45, 7) is 1.87. The number of aryl methyl sites for hydroxylation is 1. The zero-order valence-corrected chi connectivity index (χ0v) is 15.6. The van der Waals surface area contributed by atoms with Crippen molar-refractivity contribution in [3.05, 3.63) is 60.2 Å². The van der Waals surface area contributed by atoms with Gasteiger partial charge in [-0.25, -0.2) is 9.37 Å². The van der Waals surface area contributed by atoms with Crippen LogP contribution in [0.25, 0.3) is 11.2 Å². The van der Waals surface area contributed by atoms with E-state index in [4.69, 9.17) is 0 Å². The van der Waals surface area contributed by atoms with Gasteiger partial charge in [-0.1, -0.05) is 12.1 Å². The summed E-state index contributed by atoms with van der Waals surface area (Å²) in [6.07, 6.45) is 2.02. The van der Waals surface area contributed by atoms with E-state index in [0.29, 0.717) is 28.6 Å². The summed E-state index contributed by atoms with van der Waals surface area (Å²) in [7, 11) is 0. The molecule has 0 amide bonds. The summed E-state index contributed by atoms with van der Waals surface area (Å²) in [5.41, 5.74) is 2.92. The molecule has 2 aromatic carbocycles. The number of aromatic amines is 1. The van der Waals surface area contributed by atoms with Crippen LogP contribution in [0.2, 0.25) is 0 Å². The Morgan fingerprint density at radius 1 is 0.963 bits per heavy atom. The lowest BCUT2D eigenvalue weighted by atomic mass is 10.3. The Balaban J connectivity index is 1.75. The second-order valence-electron chi connectivity index (χ2n) is 5.87. The number of hydrogen-bond acceptors (Lipinski definition) is 6. The van der Waals surface area contributed by atoms with Crippen molar-refractivity contribution >= 4 is 46.1 Å². The summed E-state index contributed by atoms with van der Waals surface area (Å²) in [5.74, 6) is 1.44. The quantitative estimate of drug-likeness (QED) is 0.423. The van der Waals surface area contributed by atoms with E-state index < -0.39 is 0 Å². The molecule has 3 N–H and O–H groups in total. The Morgan fingerprint density at radius 2 is 1.74 bits per heavy atom. The number of halogens is 1. The Kier molecular flexibility index (Phi) is 4.64. The van der Waals surface area contributed by atoms with E-state index in [2.05, 4.69) is 30.6 Å². The Bertz CT molecular complexity index is 1090. The number of nitrogens with one attached hydrogen (secondary N) is 3. The summed E-state index contributed by atoms with van der Waals surface area (Å²) >= 11 is 1.65. The largest absolute Gasteiger partial charge is 0.337 e. The van der Waals surface area contributed by atoms with Crippen LogP contribution in [0, 0.1) is 12.7 Å². The molecule has 0 unspecified atom stereocenters. The van der Waals surface area contributed by atoms with Crippen LogP contribution < -0.4 is 10.6 Å². The molecule has 0 saturated heterocycles. The summed E-state index contributed by atoms with van der Waals surface area (Å²) in [4.78, 5) is 17.8. The number of anilines is 4. The number of imidazole rings is 1. The van der Waals surface area contributed by atoms with Crippen molar-refractivity contribution < 1.29 is 4.39 Å². The molecule has 0 atom stereocenters. The minimum atomic E-state index is -0.294. The highest BCUT2D eigenvalue weighted by atomic mass is 32.2. The first-order valence-electron chi connectivity index (χ1n) is 8.29. The predicted octanol–water partition coefficient (Wildman–Crippen LogP) is 5.01. The van der Waals surface area contributed by atoms with Crippen LogP contribution in [-0.4, -0.2) is 26.2 Å². The zero-order valence-electron chi connectivity index (χ0n) is 14.7. The third-order valence-electron chi connectivity index (χ3n) is 3.92. The lowest BCUT2D eigenvalue weighted by Crippen LogP contribution is -2.02. The van der Waals surface area contributed by atoms with E-state index in [1.807, 2.05) is 37.4 Å². The second kappa shape index (κ2) is 7.24. The Hall–Kier alpha value is -3.13. The van der Waals surface area contributed by atoms with Gasteiger partial charge < -0.3 is 15.6 Å². The van der Waals surface area contributed by atoms with E-state index in [0.717, 1.165) is 16.4 Å². The number of nitrogens with zero attached hydrogens (tertiary/aromatic N) is 3. The van der Waals surface area contributed by atoms with Crippen LogP contribution in [0.15, 0.2) is 53.4 Å². The van der Waals surface area contributed by atoms with Crippen molar-refractivity contribution in [2.45, 2.75) is 11.8 Å². The molecule has 0 aliphatic rings. The van der Waals surface area contributed by atoms with E-state index in [-0.39, 0.29) is 5.82 Å². The van der Waals surface area contributed by atoms with Gasteiger partial charge in [0.1, 0.15) is 11.6 Å². The first kappa shape index (κ1) is 17.3. The minimum Gasteiger partial charge on any atom is -0.337 e. The van der Waals surface area contributed by atoms with Crippen LogP contribution in [0.5, 0.6) is 0 Å². The highest BCUT2D eigenvalue weighted by Gasteiger charge is 2.13. The predicted molar refractivity (Wildman–Crippen MR) is 108 cm³/mol. The number of fused-ring (bicyclic) bond motifs is 1. The Morgan fingerprint density at radius 3 is 2.52 bits per heavy atom. The lowest BCUT2D eigenvalue weighted by molar-refractivity contribution is 0.628. The van der Waals surface area contributed by atoms with Crippen LogP contribution in [0.4, 0.5) is 27.5 Å². The van der Waals surface area contributed by atoms with Crippen molar-refractivity contribution in [3.63, 3.8) is 0 Å². The molecule has 6 nitrogen and oxygen atoms in total. The fraction of sp³-hybridized carbons (Fsp3) is 0.105. The molecule has 2 heterocycles. The molecule has 136 valence electrons. The van der Waals surface area contributed by atoms with Crippen molar-refractivity contribution in [1.29, 1.82) is 0 Å². The molecule has 0 spiro atoms. The van der Waals surface area contributed by atoms with Crippen LogP contribution in [0.1, 0.15) is 5.82 Å². The molecule has 0 aliphatic heterocycles. The van der Waals surface area contributed by atoms with Crippen molar-refractivity contribution in [1.82, 2.24) is 19.9 Å². The van der Waals surface area contributed by atoms with Crippen LogP contribution in [0.3, 0.4) is 0 Å². The number of H-pyrrole nitrogens is 1.